The van der Waals surface area contributed by atoms with Crippen molar-refractivity contribution in [3.8, 4) is 34.2 Å². The average molecular weight is 499 g/mol. The number of rotatable bonds is 10. The van der Waals surface area contributed by atoms with Crippen LogP contribution in [0.25, 0.3) is 28.2 Å². The van der Waals surface area contributed by atoms with Gasteiger partial charge in [-0.05, 0) is 74.9 Å². The van der Waals surface area contributed by atoms with Crippen LogP contribution in [0.3, 0.4) is 0 Å². The molecule has 0 bridgehead atoms. The second-order valence-electron chi connectivity index (χ2n) is 8.80. The Labute approximate surface area is 215 Å². The van der Waals surface area contributed by atoms with E-state index < -0.39 is 0 Å². The normalized spacial score (nSPS) is 11.2. The Bertz CT molecular complexity index is 1550. The van der Waals surface area contributed by atoms with Gasteiger partial charge in [-0.2, -0.15) is 5.10 Å². The van der Waals surface area contributed by atoms with E-state index in [9.17, 15) is 4.79 Å². The first-order chi connectivity index (χ1) is 18.1. The van der Waals surface area contributed by atoms with Crippen molar-refractivity contribution < 1.29 is 13.9 Å². The number of aromatic nitrogens is 4. The molecule has 2 aromatic carbocycles. The fraction of sp³-hybridized carbons (Fsp3) is 0.276. The molecule has 0 aliphatic rings. The largest absolute Gasteiger partial charge is 0.494 e. The van der Waals surface area contributed by atoms with Gasteiger partial charge < -0.3 is 18.5 Å². The fourth-order valence-corrected chi connectivity index (χ4v) is 4.07. The molecule has 0 spiro atoms. The molecule has 0 unspecified atom stereocenters. The Kier molecular flexibility index (Phi) is 7.07. The predicted octanol–water partition coefficient (Wildman–Crippen LogP) is 5.75. The van der Waals surface area contributed by atoms with E-state index in [0.29, 0.717) is 42.6 Å². The second kappa shape index (κ2) is 10.7. The number of hydrogen-bond donors (Lipinski definition) is 0. The van der Waals surface area contributed by atoms with Crippen LogP contribution in [0.4, 0.5) is 0 Å². The molecule has 0 saturated heterocycles. The zero-order valence-electron chi connectivity index (χ0n) is 21.3. The highest BCUT2D eigenvalue weighted by atomic mass is 16.5. The van der Waals surface area contributed by atoms with Gasteiger partial charge in [0.15, 0.2) is 0 Å². The zero-order valence-corrected chi connectivity index (χ0v) is 21.3. The van der Waals surface area contributed by atoms with Gasteiger partial charge in [0, 0.05) is 23.5 Å². The van der Waals surface area contributed by atoms with Gasteiger partial charge in [0.05, 0.1) is 25.5 Å². The summed E-state index contributed by atoms with van der Waals surface area (Å²) in [5.74, 6) is 2.81. The van der Waals surface area contributed by atoms with Gasteiger partial charge in [-0.25, -0.2) is 9.50 Å². The van der Waals surface area contributed by atoms with Gasteiger partial charge in [-0.15, -0.1) is 0 Å². The average Bonchev–Trinajstić information content (AvgIpc) is 3.51. The van der Waals surface area contributed by atoms with Crippen LogP contribution in [-0.4, -0.2) is 32.4 Å². The molecule has 3 aromatic heterocycles. The molecule has 0 N–H and O–H groups in total. The van der Waals surface area contributed by atoms with Gasteiger partial charge in [0.1, 0.15) is 28.5 Å². The topological polar surface area (TPSA) is 83.8 Å². The molecule has 8 nitrogen and oxygen atoms in total. The van der Waals surface area contributed by atoms with Crippen LogP contribution in [-0.2, 0) is 6.54 Å². The van der Waals surface area contributed by atoms with Crippen LogP contribution in [0.2, 0.25) is 0 Å². The Morgan fingerprint density at radius 3 is 2.32 bits per heavy atom. The highest BCUT2D eigenvalue weighted by molar-refractivity contribution is 5.66. The van der Waals surface area contributed by atoms with Gasteiger partial charge in [0.25, 0.3) is 5.56 Å². The molecule has 190 valence electrons. The van der Waals surface area contributed by atoms with Gasteiger partial charge >= 0.3 is 0 Å². The molecule has 0 atom stereocenters. The lowest BCUT2D eigenvalue weighted by Crippen LogP contribution is -2.22. The number of nitrogens with zero attached hydrogens (tertiary/aromatic N) is 4. The lowest BCUT2D eigenvalue weighted by Gasteiger charge is -2.05. The third kappa shape index (κ3) is 5.28. The van der Waals surface area contributed by atoms with Crippen molar-refractivity contribution in [3.63, 3.8) is 0 Å². The molecule has 8 heteroatoms. The SMILES string of the molecule is CCCCOc1ccc(-c2cc3c(=O)n(Cc4nc(-c5ccc(OCC)cc5)oc4C)ccn3n2)cc1. The minimum atomic E-state index is -0.147. The summed E-state index contributed by atoms with van der Waals surface area (Å²) in [6.07, 6.45) is 5.63. The lowest BCUT2D eigenvalue weighted by atomic mass is 10.1. The lowest BCUT2D eigenvalue weighted by molar-refractivity contribution is 0.309. The van der Waals surface area contributed by atoms with Gasteiger partial charge in [-0.1, -0.05) is 13.3 Å². The molecule has 0 aliphatic heterocycles. The van der Waals surface area contributed by atoms with E-state index in [4.69, 9.17) is 13.9 Å². The Hall–Kier alpha value is -4.33. The van der Waals surface area contributed by atoms with Crippen molar-refractivity contribution in [2.45, 2.75) is 40.2 Å². The summed E-state index contributed by atoms with van der Waals surface area (Å²) in [7, 11) is 0. The number of hydrogen-bond acceptors (Lipinski definition) is 6. The van der Waals surface area contributed by atoms with Crippen molar-refractivity contribution in [1.82, 2.24) is 19.2 Å². The van der Waals surface area contributed by atoms with E-state index >= 15 is 0 Å². The van der Waals surface area contributed by atoms with Crippen LogP contribution in [0.1, 0.15) is 38.1 Å². The highest BCUT2D eigenvalue weighted by Crippen LogP contribution is 2.25. The van der Waals surface area contributed by atoms with E-state index in [-0.39, 0.29) is 5.56 Å². The maximum atomic E-state index is 13.3. The molecule has 0 amide bonds. The quantitative estimate of drug-likeness (QED) is 0.228. The summed E-state index contributed by atoms with van der Waals surface area (Å²) in [6.45, 7) is 7.56. The van der Waals surface area contributed by atoms with Crippen LogP contribution in [0, 0.1) is 6.92 Å². The minimum absolute atomic E-state index is 0.147. The van der Waals surface area contributed by atoms with Crippen molar-refractivity contribution in [1.29, 1.82) is 0 Å². The number of oxazole rings is 1. The van der Waals surface area contributed by atoms with Crippen molar-refractivity contribution >= 4 is 5.52 Å². The standard InChI is InChI=1S/C29H30N4O4/c1-4-6-17-36-24-11-7-21(8-12-24)25-18-27-29(34)32(15-16-33(27)31-25)19-26-20(3)37-28(30-26)22-9-13-23(14-10-22)35-5-2/h7-16,18H,4-6,17,19H2,1-3H3. The summed E-state index contributed by atoms with van der Waals surface area (Å²) in [4.78, 5) is 17.9. The molecule has 0 fully saturated rings. The number of fused-ring (bicyclic) bond motifs is 1. The van der Waals surface area contributed by atoms with E-state index in [1.165, 1.54) is 0 Å². The van der Waals surface area contributed by atoms with Crippen LogP contribution >= 0.6 is 0 Å². The summed E-state index contributed by atoms with van der Waals surface area (Å²) in [5.41, 5.74) is 3.55. The molecule has 5 rings (SSSR count). The summed E-state index contributed by atoms with van der Waals surface area (Å²) in [5, 5.41) is 4.60. The molecule has 0 radical (unpaired) electrons. The molecular weight excluding hydrogens is 468 g/mol. The number of ether oxygens (including phenoxy) is 2. The van der Waals surface area contributed by atoms with Crippen molar-refractivity contribution in [2.75, 3.05) is 13.2 Å². The Morgan fingerprint density at radius 2 is 1.62 bits per heavy atom. The third-order valence-electron chi connectivity index (χ3n) is 6.15. The Balaban J connectivity index is 1.36. The van der Waals surface area contributed by atoms with E-state index in [0.717, 1.165) is 41.2 Å². The maximum absolute atomic E-state index is 13.3. The number of aryl methyl sites for hydroxylation is 1. The first kappa shape index (κ1) is 24.4. The first-order valence-corrected chi connectivity index (χ1v) is 12.6. The molecule has 5 aromatic rings. The molecule has 0 saturated carbocycles. The second-order valence-corrected chi connectivity index (χ2v) is 8.80. The summed E-state index contributed by atoms with van der Waals surface area (Å²) >= 11 is 0. The number of unbranched alkanes of at least 4 members (excludes halogenated alkanes) is 1. The smallest absolute Gasteiger partial charge is 0.276 e. The zero-order chi connectivity index (χ0) is 25.8. The maximum Gasteiger partial charge on any atom is 0.276 e. The van der Waals surface area contributed by atoms with E-state index in [1.54, 1.807) is 21.5 Å². The molecular formula is C29H30N4O4. The van der Waals surface area contributed by atoms with Crippen LogP contribution < -0.4 is 15.0 Å². The molecule has 0 aliphatic carbocycles. The van der Waals surface area contributed by atoms with Gasteiger partial charge in [0.2, 0.25) is 5.89 Å². The van der Waals surface area contributed by atoms with E-state index in [2.05, 4.69) is 17.0 Å². The van der Waals surface area contributed by atoms with Gasteiger partial charge in [-0.3, -0.25) is 4.79 Å². The third-order valence-corrected chi connectivity index (χ3v) is 6.15. The van der Waals surface area contributed by atoms with Crippen LogP contribution in [0.15, 0.2) is 76.2 Å². The Morgan fingerprint density at radius 1 is 0.919 bits per heavy atom. The number of benzene rings is 2. The van der Waals surface area contributed by atoms with Crippen molar-refractivity contribution in [2.24, 2.45) is 0 Å². The highest BCUT2D eigenvalue weighted by Gasteiger charge is 2.15. The fourth-order valence-electron chi connectivity index (χ4n) is 4.07. The van der Waals surface area contributed by atoms with E-state index in [1.807, 2.05) is 68.4 Å². The summed E-state index contributed by atoms with van der Waals surface area (Å²) in [6, 6.07) is 17.2. The predicted molar refractivity (Wildman–Crippen MR) is 142 cm³/mol. The van der Waals surface area contributed by atoms with Crippen LogP contribution in [0.5, 0.6) is 11.5 Å². The minimum Gasteiger partial charge on any atom is -0.494 e. The summed E-state index contributed by atoms with van der Waals surface area (Å²) < 4.78 is 20.4. The monoisotopic (exact) mass is 498 g/mol. The first-order valence-electron chi connectivity index (χ1n) is 12.6. The van der Waals surface area contributed by atoms with Crippen molar-refractivity contribution in [3.05, 3.63) is 88.8 Å². The molecule has 3 heterocycles. The molecule has 37 heavy (non-hydrogen) atoms.